The SMILES string of the molecule is Cc1[c-]cc(-n2ccc(C(=O)O)cc2=O)nc1.[Y]. The number of aromatic carboxylic acids is 1. The number of aromatic nitrogens is 2. The normalized spacial score (nSPS) is 9.61. The van der Waals surface area contributed by atoms with Crippen molar-refractivity contribution >= 4 is 5.97 Å². The number of hydrogen-bond donors (Lipinski definition) is 1. The van der Waals surface area contributed by atoms with Crippen LogP contribution in [0.2, 0.25) is 0 Å². The molecule has 0 saturated carbocycles. The van der Waals surface area contributed by atoms with Gasteiger partial charge in [-0.2, -0.15) is 6.07 Å². The molecule has 89 valence electrons. The second-order valence-corrected chi connectivity index (χ2v) is 3.52. The first kappa shape index (κ1) is 14.7. The van der Waals surface area contributed by atoms with E-state index < -0.39 is 11.5 Å². The molecule has 0 aromatic carbocycles. The molecule has 5 nitrogen and oxygen atoms in total. The average Bonchev–Trinajstić information content (AvgIpc) is 2.30. The van der Waals surface area contributed by atoms with Crippen molar-refractivity contribution in [1.82, 2.24) is 9.55 Å². The van der Waals surface area contributed by atoms with Gasteiger partial charge in [-0.25, -0.2) is 4.79 Å². The first-order chi connectivity index (χ1) is 8.08. The molecule has 2 rings (SSSR count). The molecule has 0 aliphatic rings. The van der Waals surface area contributed by atoms with E-state index in [0.717, 1.165) is 11.6 Å². The molecule has 0 unspecified atom stereocenters. The number of carbonyl (C=O) groups is 1. The average molecular weight is 318 g/mol. The van der Waals surface area contributed by atoms with Crippen LogP contribution in [0.3, 0.4) is 0 Å². The van der Waals surface area contributed by atoms with Crippen molar-refractivity contribution in [3.8, 4) is 5.82 Å². The Balaban J connectivity index is 0.00000162. The molecule has 2 aromatic rings. The van der Waals surface area contributed by atoms with Crippen LogP contribution < -0.4 is 5.56 Å². The molecule has 0 amide bonds. The minimum absolute atomic E-state index is 0. The van der Waals surface area contributed by atoms with Gasteiger partial charge in [0, 0.05) is 50.8 Å². The summed E-state index contributed by atoms with van der Waals surface area (Å²) < 4.78 is 1.27. The smallest absolute Gasteiger partial charge is 0.335 e. The second kappa shape index (κ2) is 6.02. The maximum atomic E-state index is 11.7. The van der Waals surface area contributed by atoms with Crippen molar-refractivity contribution in [2.24, 2.45) is 0 Å². The number of aryl methyl sites for hydroxylation is 1. The molecule has 1 N–H and O–H groups in total. The number of carboxylic acids is 1. The van der Waals surface area contributed by atoms with E-state index in [1.54, 1.807) is 12.3 Å². The van der Waals surface area contributed by atoms with Gasteiger partial charge in [0.05, 0.1) is 5.56 Å². The van der Waals surface area contributed by atoms with Gasteiger partial charge in [-0.1, -0.05) is 13.1 Å². The summed E-state index contributed by atoms with van der Waals surface area (Å²) in [4.78, 5) is 26.4. The van der Waals surface area contributed by atoms with Crippen LogP contribution in [0.4, 0.5) is 0 Å². The number of pyridine rings is 2. The quantitative estimate of drug-likeness (QED) is 0.840. The first-order valence-corrected chi connectivity index (χ1v) is 4.88. The number of hydrogen-bond acceptors (Lipinski definition) is 3. The molecular formula is C12H9N2O3Y-. The molecule has 18 heavy (non-hydrogen) atoms. The van der Waals surface area contributed by atoms with Gasteiger partial charge in [0.1, 0.15) is 0 Å². The predicted octanol–water partition coefficient (Wildman–Crippen LogP) is 1.04. The van der Waals surface area contributed by atoms with Crippen LogP contribution in [0.25, 0.3) is 5.82 Å². The molecule has 6 heteroatoms. The summed E-state index contributed by atoms with van der Waals surface area (Å²) in [5.74, 6) is -0.713. The molecule has 0 atom stereocenters. The number of rotatable bonds is 2. The fourth-order valence-corrected chi connectivity index (χ4v) is 1.35. The van der Waals surface area contributed by atoms with E-state index in [9.17, 15) is 9.59 Å². The second-order valence-electron chi connectivity index (χ2n) is 3.52. The fraction of sp³-hybridized carbons (Fsp3) is 0.0833. The summed E-state index contributed by atoms with van der Waals surface area (Å²) >= 11 is 0. The van der Waals surface area contributed by atoms with Crippen molar-refractivity contribution in [1.29, 1.82) is 0 Å². The number of carboxylic acid groups (broad SMARTS) is 1. The maximum Gasteiger partial charge on any atom is 0.335 e. The molecule has 1 radical (unpaired) electrons. The molecule has 2 heterocycles. The van der Waals surface area contributed by atoms with Crippen molar-refractivity contribution in [3.05, 3.63) is 58.1 Å². The Morgan fingerprint density at radius 2 is 2.22 bits per heavy atom. The Labute approximate surface area is 128 Å². The largest absolute Gasteiger partial charge is 0.478 e. The van der Waals surface area contributed by atoms with Crippen LogP contribution in [0.1, 0.15) is 15.9 Å². The van der Waals surface area contributed by atoms with E-state index in [2.05, 4.69) is 11.1 Å². The standard InChI is InChI=1S/C12H9N2O3.Y/c1-8-2-3-10(13-7-8)14-5-4-9(12(16)17)6-11(14)15;/h3-7H,1H3,(H,16,17);/q-1;. The summed E-state index contributed by atoms with van der Waals surface area (Å²) in [5, 5.41) is 8.74. The van der Waals surface area contributed by atoms with E-state index in [0.29, 0.717) is 5.82 Å². The zero-order chi connectivity index (χ0) is 12.4. The van der Waals surface area contributed by atoms with Gasteiger partial charge < -0.3 is 14.7 Å². The minimum Gasteiger partial charge on any atom is -0.478 e. The fourth-order valence-electron chi connectivity index (χ4n) is 1.35. The molecule has 0 bridgehead atoms. The Hall–Kier alpha value is -1.33. The van der Waals surface area contributed by atoms with Gasteiger partial charge in [0.25, 0.3) is 0 Å². The third kappa shape index (κ3) is 3.12. The Morgan fingerprint density at radius 3 is 2.72 bits per heavy atom. The van der Waals surface area contributed by atoms with E-state index in [4.69, 9.17) is 5.11 Å². The predicted molar refractivity (Wildman–Crippen MR) is 60.4 cm³/mol. The van der Waals surface area contributed by atoms with Crippen LogP contribution in [0.5, 0.6) is 0 Å². The van der Waals surface area contributed by atoms with Crippen LogP contribution >= 0.6 is 0 Å². The molecule has 0 spiro atoms. The summed E-state index contributed by atoms with van der Waals surface area (Å²) in [6.45, 7) is 1.84. The summed E-state index contributed by atoms with van der Waals surface area (Å²) in [7, 11) is 0. The van der Waals surface area contributed by atoms with Gasteiger partial charge in [0.2, 0.25) is 5.56 Å². The van der Waals surface area contributed by atoms with Gasteiger partial charge in [0.15, 0.2) is 0 Å². The first-order valence-electron chi connectivity index (χ1n) is 4.88. The third-order valence-electron chi connectivity index (χ3n) is 2.23. The molecule has 0 aliphatic carbocycles. The van der Waals surface area contributed by atoms with Crippen LogP contribution in [-0.2, 0) is 32.7 Å². The molecule has 0 fully saturated rings. The van der Waals surface area contributed by atoms with Crippen molar-refractivity contribution < 1.29 is 42.6 Å². The molecule has 2 aromatic heterocycles. The van der Waals surface area contributed by atoms with Crippen molar-refractivity contribution in [2.75, 3.05) is 0 Å². The topological polar surface area (TPSA) is 72.2 Å². The summed E-state index contributed by atoms with van der Waals surface area (Å²) in [6, 6.07) is 6.92. The van der Waals surface area contributed by atoms with Crippen molar-refractivity contribution in [3.63, 3.8) is 0 Å². The zero-order valence-corrected chi connectivity index (χ0v) is 12.5. The van der Waals surface area contributed by atoms with E-state index in [-0.39, 0.29) is 38.3 Å². The van der Waals surface area contributed by atoms with Gasteiger partial charge >= 0.3 is 5.97 Å². The van der Waals surface area contributed by atoms with E-state index in [1.165, 1.54) is 16.8 Å². The molecule has 0 saturated heterocycles. The van der Waals surface area contributed by atoms with Crippen LogP contribution in [0, 0.1) is 13.0 Å². The Morgan fingerprint density at radius 1 is 1.50 bits per heavy atom. The van der Waals surface area contributed by atoms with E-state index in [1.807, 2.05) is 6.92 Å². The third-order valence-corrected chi connectivity index (χ3v) is 2.23. The molecule has 0 aliphatic heterocycles. The minimum atomic E-state index is -1.13. The monoisotopic (exact) mass is 318 g/mol. The van der Waals surface area contributed by atoms with Gasteiger partial charge in [-0.3, -0.25) is 4.79 Å². The maximum absolute atomic E-state index is 11.7. The Kier molecular flexibility index (Phi) is 4.93. The van der Waals surface area contributed by atoms with Crippen molar-refractivity contribution in [2.45, 2.75) is 6.92 Å². The van der Waals surface area contributed by atoms with Crippen LogP contribution in [0.15, 0.2) is 35.4 Å². The summed E-state index contributed by atoms with van der Waals surface area (Å²) in [5.41, 5.74) is 0.390. The molecular weight excluding hydrogens is 309 g/mol. The number of nitrogens with zero attached hydrogens (tertiary/aromatic N) is 2. The zero-order valence-electron chi connectivity index (χ0n) is 9.62. The Bertz CT molecular complexity index is 620. The van der Waals surface area contributed by atoms with Gasteiger partial charge in [-0.15, -0.1) is 11.6 Å². The summed E-state index contributed by atoms with van der Waals surface area (Å²) in [6.07, 6.45) is 2.98. The van der Waals surface area contributed by atoms with Gasteiger partial charge in [-0.05, 0) is 6.07 Å². The van der Waals surface area contributed by atoms with E-state index >= 15 is 0 Å². The van der Waals surface area contributed by atoms with Crippen LogP contribution in [-0.4, -0.2) is 20.6 Å².